The van der Waals surface area contributed by atoms with Crippen LogP contribution in [0.2, 0.25) is 0 Å². The second-order valence-corrected chi connectivity index (χ2v) is 9.30. The van der Waals surface area contributed by atoms with Crippen LogP contribution in [-0.2, 0) is 25.7 Å². The molecule has 3 rings (SSSR count). The number of methoxy groups -OCH3 is 2. The number of hydrogen-bond acceptors (Lipinski definition) is 6. The first-order chi connectivity index (χ1) is 17.3. The van der Waals surface area contributed by atoms with Gasteiger partial charge in [0.1, 0.15) is 12.4 Å². The Hall–Kier alpha value is -3.39. The van der Waals surface area contributed by atoms with Crippen LogP contribution in [0.5, 0.6) is 5.75 Å². The molecule has 0 radical (unpaired) electrons. The zero-order chi connectivity index (χ0) is 26.1. The first kappa shape index (κ1) is 27.2. The summed E-state index contributed by atoms with van der Waals surface area (Å²) in [5.74, 6) is -0.609. The standard InChI is InChI=1S/C28H36N2O6/c1-5-24(27(32)29-26-20(2)16-22(34-3)17-23(26)28(33)35-4)30(14-10-7-11-15-30)18-25(31)36-19-21-12-8-6-9-13-21/h6,8-9,12-13,16-17,24H,5,7,10-11,14-15,18-19H2,1-4H3/p+1. The van der Waals surface area contributed by atoms with E-state index >= 15 is 0 Å². The van der Waals surface area contributed by atoms with Gasteiger partial charge in [0.2, 0.25) is 0 Å². The first-order valence-electron chi connectivity index (χ1n) is 12.5. The zero-order valence-electron chi connectivity index (χ0n) is 21.7. The number of quaternary nitrogens is 1. The van der Waals surface area contributed by atoms with Crippen molar-refractivity contribution in [3.05, 3.63) is 59.2 Å². The summed E-state index contributed by atoms with van der Waals surface area (Å²) in [4.78, 5) is 39.2. The third-order valence-electron chi connectivity index (χ3n) is 6.94. The van der Waals surface area contributed by atoms with E-state index in [0.717, 1.165) is 37.9 Å². The van der Waals surface area contributed by atoms with Crippen molar-refractivity contribution in [2.45, 2.75) is 52.2 Å². The third kappa shape index (κ3) is 6.43. The summed E-state index contributed by atoms with van der Waals surface area (Å²) in [6.07, 6.45) is 3.48. The number of piperidine rings is 1. The van der Waals surface area contributed by atoms with Gasteiger partial charge in [0, 0.05) is 6.42 Å². The van der Waals surface area contributed by atoms with Crippen LogP contribution in [0.25, 0.3) is 0 Å². The smallest absolute Gasteiger partial charge is 0.362 e. The van der Waals surface area contributed by atoms with Gasteiger partial charge in [0.15, 0.2) is 12.6 Å². The van der Waals surface area contributed by atoms with Gasteiger partial charge in [-0.1, -0.05) is 37.3 Å². The van der Waals surface area contributed by atoms with Crippen LogP contribution in [0, 0.1) is 6.92 Å². The van der Waals surface area contributed by atoms with Crippen LogP contribution in [0.15, 0.2) is 42.5 Å². The maximum atomic E-state index is 13.7. The molecule has 2 aromatic rings. The molecule has 0 aromatic heterocycles. The highest BCUT2D eigenvalue weighted by atomic mass is 16.5. The third-order valence-corrected chi connectivity index (χ3v) is 6.94. The quantitative estimate of drug-likeness (QED) is 0.390. The number of anilines is 1. The summed E-state index contributed by atoms with van der Waals surface area (Å²) >= 11 is 0. The largest absolute Gasteiger partial charge is 0.497 e. The van der Waals surface area contributed by atoms with Crippen LogP contribution in [0.4, 0.5) is 5.69 Å². The number of amides is 1. The lowest BCUT2D eigenvalue weighted by Crippen LogP contribution is -2.63. The maximum Gasteiger partial charge on any atom is 0.362 e. The maximum absolute atomic E-state index is 13.7. The van der Waals surface area contributed by atoms with Gasteiger partial charge in [-0.05, 0) is 49.4 Å². The molecule has 194 valence electrons. The summed E-state index contributed by atoms with van der Waals surface area (Å²) in [6, 6.07) is 12.4. The van der Waals surface area contributed by atoms with Gasteiger partial charge >= 0.3 is 11.9 Å². The van der Waals surface area contributed by atoms with Crippen molar-refractivity contribution in [2.75, 3.05) is 39.2 Å². The molecule has 1 fully saturated rings. The van der Waals surface area contributed by atoms with E-state index < -0.39 is 12.0 Å². The van der Waals surface area contributed by atoms with Crippen LogP contribution in [0.3, 0.4) is 0 Å². The Kier molecular flexibility index (Phi) is 9.47. The van der Waals surface area contributed by atoms with Crippen molar-refractivity contribution < 1.29 is 33.1 Å². The molecule has 8 heteroatoms. The van der Waals surface area contributed by atoms with Crippen LogP contribution < -0.4 is 10.1 Å². The van der Waals surface area contributed by atoms with Gasteiger partial charge in [0.05, 0.1) is 38.6 Å². The van der Waals surface area contributed by atoms with E-state index in [1.54, 1.807) is 19.1 Å². The molecule has 1 N–H and O–H groups in total. The van der Waals surface area contributed by atoms with Crippen molar-refractivity contribution in [1.82, 2.24) is 0 Å². The van der Waals surface area contributed by atoms with E-state index in [2.05, 4.69) is 5.32 Å². The number of carbonyl (C=O) groups excluding carboxylic acids is 3. The summed E-state index contributed by atoms with van der Waals surface area (Å²) in [5.41, 5.74) is 2.23. The van der Waals surface area contributed by atoms with Crippen molar-refractivity contribution in [3.8, 4) is 5.75 Å². The molecule has 1 aliphatic rings. The number of ether oxygens (including phenoxy) is 3. The summed E-state index contributed by atoms with van der Waals surface area (Å²) < 4.78 is 16.2. The molecule has 1 amide bonds. The van der Waals surface area contributed by atoms with E-state index in [4.69, 9.17) is 14.2 Å². The average molecular weight is 498 g/mol. The van der Waals surface area contributed by atoms with Crippen molar-refractivity contribution in [3.63, 3.8) is 0 Å². The molecule has 0 aliphatic carbocycles. The number of nitrogens with one attached hydrogen (secondary N) is 1. The minimum absolute atomic E-state index is 0.129. The highest BCUT2D eigenvalue weighted by Gasteiger charge is 2.44. The predicted molar refractivity (Wildman–Crippen MR) is 137 cm³/mol. The lowest BCUT2D eigenvalue weighted by Gasteiger charge is -2.45. The van der Waals surface area contributed by atoms with Gasteiger partial charge in [-0.25, -0.2) is 9.59 Å². The van der Waals surface area contributed by atoms with E-state index in [0.29, 0.717) is 27.9 Å². The zero-order valence-corrected chi connectivity index (χ0v) is 21.7. The summed E-state index contributed by atoms with van der Waals surface area (Å²) in [7, 11) is 2.81. The molecule has 8 nitrogen and oxygen atoms in total. The number of carbonyl (C=O) groups is 3. The lowest BCUT2D eigenvalue weighted by molar-refractivity contribution is -0.940. The first-order valence-corrected chi connectivity index (χ1v) is 12.5. The fraction of sp³-hybridized carbons (Fsp3) is 0.464. The van der Waals surface area contributed by atoms with E-state index in [1.165, 1.54) is 14.2 Å². The molecule has 1 unspecified atom stereocenters. The van der Waals surface area contributed by atoms with E-state index in [9.17, 15) is 14.4 Å². The molecule has 1 atom stereocenters. The minimum atomic E-state index is -0.563. The Labute approximate surface area is 213 Å². The minimum Gasteiger partial charge on any atom is -0.497 e. The Morgan fingerprint density at radius 3 is 2.33 bits per heavy atom. The number of esters is 2. The fourth-order valence-electron chi connectivity index (χ4n) is 5.10. The van der Waals surface area contributed by atoms with Gasteiger partial charge in [-0.2, -0.15) is 0 Å². The topological polar surface area (TPSA) is 90.9 Å². The molecule has 1 saturated heterocycles. The summed E-state index contributed by atoms with van der Waals surface area (Å²) in [6.45, 7) is 5.53. The number of benzene rings is 2. The number of nitrogens with zero attached hydrogens (tertiary/aromatic N) is 1. The highest BCUT2D eigenvalue weighted by molar-refractivity contribution is 6.03. The van der Waals surface area contributed by atoms with Crippen molar-refractivity contribution in [1.29, 1.82) is 0 Å². The Morgan fingerprint density at radius 1 is 1.03 bits per heavy atom. The van der Waals surface area contributed by atoms with Crippen LogP contribution in [0.1, 0.15) is 54.1 Å². The lowest BCUT2D eigenvalue weighted by atomic mass is 9.99. The highest BCUT2D eigenvalue weighted by Crippen LogP contribution is 2.30. The second kappa shape index (κ2) is 12.5. The van der Waals surface area contributed by atoms with Crippen molar-refractivity contribution >= 4 is 23.5 Å². The van der Waals surface area contributed by atoms with Gasteiger partial charge < -0.3 is 24.0 Å². The fourth-order valence-corrected chi connectivity index (χ4v) is 5.10. The molecule has 36 heavy (non-hydrogen) atoms. The van der Waals surface area contributed by atoms with E-state index in [-0.39, 0.29) is 30.6 Å². The van der Waals surface area contributed by atoms with Crippen LogP contribution >= 0.6 is 0 Å². The van der Waals surface area contributed by atoms with Gasteiger partial charge in [0.25, 0.3) is 5.91 Å². The van der Waals surface area contributed by atoms with Gasteiger partial charge in [-0.15, -0.1) is 0 Å². The van der Waals surface area contributed by atoms with E-state index in [1.807, 2.05) is 37.3 Å². The normalized spacial score (nSPS) is 15.4. The van der Waals surface area contributed by atoms with Crippen molar-refractivity contribution in [2.24, 2.45) is 0 Å². The molecular formula is C28H37N2O6+. The Bertz CT molecular complexity index is 1060. The number of aryl methyl sites for hydroxylation is 1. The average Bonchev–Trinajstić information content (AvgIpc) is 2.89. The monoisotopic (exact) mass is 497 g/mol. The molecule has 0 bridgehead atoms. The molecule has 1 aliphatic heterocycles. The molecule has 2 aromatic carbocycles. The van der Waals surface area contributed by atoms with Crippen LogP contribution in [-0.4, -0.2) is 62.2 Å². The Morgan fingerprint density at radius 2 is 1.72 bits per heavy atom. The second-order valence-electron chi connectivity index (χ2n) is 9.30. The van der Waals surface area contributed by atoms with Gasteiger partial charge in [-0.3, -0.25) is 4.79 Å². The molecule has 0 saturated carbocycles. The Balaban J connectivity index is 1.83. The SMILES string of the molecule is CCC(C(=O)Nc1c(C)cc(OC)cc1C(=O)OC)[N+]1(CC(=O)OCc2ccccc2)CCCCC1. The molecule has 1 heterocycles. The summed E-state index contributed by atoms with van der Waals surface area (Å²) in [5, 5.41) is 2.99. The molecular weight excluding hydrogens is 460 g/mol. The molecule has 0 spiro atoms. The number of likely N-dealkylation sites (tertiary alicyclic amines) is 1. The predicted octanol–water partition coefficient (Wildman–Crippen LogP) is 4.25. The number of hydrogen-bond donors (Lipinski definition) is 1. The number of rotatable bonds is 10.